The summed E-state index contributed by atoms with van der Waals surface area (Å²) in [6, 6.07) is 3.61. The number of hydrogen-bond acceptors (Lipinski definition) is 4. The Bertz CT molecular complexity index is 499. The molecule has 0 atom stereocenters. The lowest BCUT2D eigenvalue weighted by atomic mass is 10.2. The van der Waals surface area contributed by atoms with E-state index in [2.05, 4.69) is 15.3 Å². The lowest BCUT2D eigenvalue weighted by Crippen LogP contribution is -2.13. The molecule has 0 aliphatic heterocycles. The lowest BCUT2D eigenvalue weighted by Gasteiger charge is -2.02. The molecule has 0 aromatic carbocycles. The number of nitrogens with one attached hydrogen (secondary N) is 1. The molecule has 0 saturated carbocycles. The normalized spacial score (nSPS) is 10.2. The highest BCUT2D eigenvalue weighted by atomic mass is 35.5. The van der Waals surface area contributed by atoms with Crippen LogP contribution < -0.4 is 5.32 Å². The highest BCUT2D eigenvalue weighted by Gasteiger charge is 2.05. The van der Waals surface area contributed by atoms with Crippen molar-refractivity contribution in [3.63, 3.8) is 0 Å². The maximum absolute atomic E-state index is 11.6. The molecule has 2 aromatic heterocycles. The molecule has 0 unspecified atom stereocenters. The first-order chi connectivity index (χ1) is 8.24. The van der Waals surface area contributed by atoms with Crippen LogP contribution in [0.15, 0.2) is 35.2 Å². The highest BCUT2D eigenvalue weighted by molar-refractivity contribution is 6.29. The molecule has 0 saturated heterocycles. The molecule has 0 aliphatic carbocycles. The van der Waals surface area contributed by atoms with Crippen molar-refractivity contribution in [1.82, 2.24) is 9.97 Å². The smallest absolute Gasteiger partial charge is 0.226 e. The van der Waals surface area contributed by atoms with Gasteiger partial charge in [-0.3, -0.25) is 9.78 Å². The van der Waals surface area contributed by atoms with Gasteiger partial charge in [0.2, 0.25) is 5.91 Å². The fraction of sp³-hybridized carbons (Fsp3) is 0.182. The Morgan fingerprint density at radius 2 is 2.35 bits per heavy atom. The number of anilines is 1. The van der Waals surface area contributed by atoms with E-state index in [9.17, 15) is 4.79 Å². The van der Waals surface area contributed by atoms with Gasteiger partial charge in [-0.15, -0.1) is 0 Å². The zero-order chi connectivity index (χ0) is 12.1. The van der Waals surface area contributed by atoms with E-state index >= 15 is 0 Å². The van der Waals surface area contributed by atoms with Crippen molar-refractivity contribution < 1.29 is 9.21 Å². The molecule has 0 fully saturated rings. The van der Waals surface area contributed by atoms with Gasteiger partial charge in [-0.1, -0.05) is 11.6 Å². The second-order valence-electron chi connectivity index (χ2n) is 3.35. The van der Waals surface area contributed by atoms with Gasteiger partial charge in [0, 0.05) is 12.8 Å². The first kappa shape index (κ1) is 11.6. The van der Waals surface area contributed by atoms with Crippen molar-refractivity contribution in [2.75, 3.05) is 5.32 Å². The van der Waals surface area contributed by atoms with Gasteiger partial charge in [-0.25, -0.2) is 4.98 Å². The van der Waals surface area contributed by atoms with Crippen LogP contribution in [0.4, 0.5) is 5.82 Å². The van der Waals surface area contributed by atoms with Crippen molar-refractivity contribution in [2.45, 2.75) is 12.8 Å². The zero-order valence-corrected chi connectivity index (χ0v) is 9.65. The Morgan fingerprint density at radius 3 is 3.06 bits per heavy atom. The van der Waals surface area contributed by atoms with E-state index in [1.165, 1.54) is 12.4 Å². The summed E-state index contributed by atoms with van der Waals surface area (Å²) in [4.78, 5) is 19.3. The van der Waals surface area contributed by atoms with Crippen LogP contribution in [-0.2, 0) is 11.2 Å². The number of aromatic nitrogens is 2. The van der Waals surface area contributed by atoms with Gasteiger partial charge in [0.15, 0.2) is 5.82 Å². The van der Waals surface area contributed by atoms with Gasteiger partial charge in [-0.2, -0.15) is 0 Å². The molecular weight excluding hydrogens is 242 g/mol. The molecule has 2 aromatic rings. The first-order valence-electron chi connectivity index (χ1n) is 5.04. The number of carbonyl (C=O) groups is 1. The minimum atomic E-state index is -0.155. The zero-order valence-electron chi connectivity index (χ0n) is 8.89. The lowest BCUT2D eigenvalue weighted by molar-refractivity contribution is -0.116. The quantitative estimate of drug-likeness (QED) is 0.905. The van der Waals surface area contributed by atoms with E-state index in [0.717, 1.165) is 5.76 Å². The van der Waals surface area contributed by atoms with Gasteiger partial charge in [0.05, 0.1) is 18.7 Å². The van der Waals surface area contributed by atoms with Gasteiger partial charge < -0.3 is 9.73 Å². The summed E-state index contributed by atoms with van der Waals surface area (Å²) in [5.74, 6) is 0.970. The number of halogens is 1. The number of rotatable bonds is 4. The Balaban J connectivity index is 1.85. The second-order valence-corrected chi connectivity index (χ2v) is 3.74. The van der Waals surface area contributed by atoms with Crippen molar-refractivity contribution in [1.29, 1.82) is 0 Å². The van der Waals surface area contributed by atoms with Crippen LogP contribution in [0.3, 0.4) is 0 Å². The summed E-state index contributed by atoms with van der Waals surface area (Å²) >= 11 is 5.65. The van der Waals surface area contributed by atoms with Crippen LogP contribution in [0, 0.1) is 0 Å². The molecule has 0 radical (unpaired) electrons. The minimum absolute atomic E-state index is 0.155. The molecule has 2 rings (SSSR count). The van der Waals surface area contributed by atoms with E-state index < -0.39 is 0 Å². The van der Waals surface area contributed by atoms with Gasteiger partial charge in [-0.05, 0) is 12.1 Å². The van der Waals surface area contributed by atoms with Crippen LogP contribution in [-0.4, -0.2) is 15.9 Å². The van der Waals surface area contributed by atoms with Crippen LogP contribution in [0.25, 0.3) is 0 Å². The standard InChI is InChI=1S/C11H10ClN3O2/c12-9-6-13-7-10(14-9)15-11(16)4-3-8-2-1-5-17-8/h1-2,5-7H,3-4H2,(H,14,15,16). The van der Waals surface area contributed by atoms with Crippen LogP contribution in [0.1, 0.15) is 12.2 Å². The number of aryl methyl sites for hydroxylation is 1. The van der Waals surface area contributed by atoms with Crippen LogP contribution in [0.2, 0.25) is 5.15 Å². The van der Waals surface area contributed by atoms with Crippen molar-refractivity contribution in [2.24, 2.45) is 0 Å². The summed E-state index contributed by atoms with van der Waals surface area (Å²) in [5, 5.41) is 2.85. The molecule has 0 spiro atoms. The molecule has 0 aliphatic rings. The molecule has 1 N–H and O–H groups in total. The Morgan fingerprint density at radius 1 is 1.47 bits per heavy atom. The third-order valence-electron chi connectivity index (χ3n) is 2.05. The Labute approximate surface area is 103 Å². The minimum Gasteiger partial charge on any atom is -0.469 e. The number of furan rings is 1. The first-order valence-corrected chi connectivity index (χ1v) is 5.41. The maximum atomic E-state index is 11.6. The fourth-order valence-electron chi connectivity index (χ4n) is 1.30. The number of carbonyl (C=O) groups excluding carboxylic acids is 1. The number of amides is 1. The summed E-state index contributed by atoms with van der Waals surface area (Å²) in [6.45, 7) is 0. The Hall–Kier alpha value is -1.88. The van der Waals surface area contributed by atoms with Gasteiger partial charge >= 0.3 is 0 Å². The third-order valence-corrected chi connectivity index (χ3v) is 2.23. The third kappa shape index (κ3) is 3.57. The van der Waals surface area contributed by atoms with E-state index in [1.807, 2.05) is 6.07 Å². The topological polar surface area (TPSA) is 68.0 Å². The molecule has 2 heterocycles. The molecule has 6 heteroatoms. The van der Waals surface area contributed by atoms with Gasteiger partial charge in [0.1, 0.15) is 10.9 Å². The predicted molar refractivity (Wildman–Crippen MR) is 62.7 cm³/mol. The molecular formula is C11H10ClN3O2. The molecule has 17 heavy (non-hydrogen) atoms. The second kappa shape index (κ2) is 5.45. The summed E-state index contributed by atoms with van der Waals surface area (Å²) in [7, 11) is 0. The maximum Gasteiger partial charge on any atom is 0.226 e. The summed E-state index contributed by atoms with van der Waals surface area (Å²) in [6.07, 6.45) is 5.29. The average molecular weight is 252 g/mol. The van der Waals surface area contributed by atoms with Gasteiger partial charge in [0.25, 0.3) is 0 Å². The number of hydrogen-bond donors (Lipinski definition) is 1. The van der Waals surface area contributed by atoms with E-state index in [0.29, 0.717) is 18.7 Å². The highest BCUT2D eigenvalue weighted by Crippen LogP contribution is 2.08. The summed E-state index contributed by atoms with van der Waals surface area (Å²) in [5.41, 5.74) is 0. The average Bonchev–Trinajstić information content (AvgIpc) is 2.79. The van der Waals surface area contributed by atoms with E-state index in [-0.39, 0.29) is 11.1 Å². The fourth-order valence-corrected chi connectivity index (χ4v) is 1.45. The molecule has 5 nitrogen and oxygen atoms in total. The summed E-state index contributed by atoms with van der Waals surface area (Å²) < 4.78 is 5.12. The number of nitrogens with zero attached hydrogens (tertiary/aromatic N) is 2. The van der Waals surface area contributed by atoms with Crippen LogP contribution >= 0.6 is 11.6 Å². The van der Waals surface area contributed by atoms with E-state index in [1.54, 1.807) is 12.3 Å². The molecule has 1 amide bonds. The van der Waals surface area contributed by atoms with E-state index in [4.69, 9.17) is 16.0 Å². The predicted octanol–water partition coefficient (Wildman–Crippen LogP) is 2.29. The largest absolute Gasteiger partial charge is 0.469 e. The Kier molecular flexibility index (Phi) is 3.72. The molecule has 0 bridgehead atoms. The van der Waals surface area contributed by atoms with Crippen molar-refractivity contribution >= 4 is 23.3 Å². The SMILES string of the molecule is O=C(CCc1ccco1)Nc1cncc(Cl)n1. The molecule has 88 valence electrons. The van der Waals surface area contributed by atoms with Crippen molar-refractivity contribution in [3.05, 3.63) is 41.7 Å². The van der Waals surface area contributed by atoms with Crippen LogP contribution in [0.5, 0.6) is 0 Å². The monoisotopic (exact) mass is 251 g/mol. The van der Waals surface area contributed by atoms with Crippen molar-refractivity contribution in [3.8, 4) is 0 Å².